The van der Waals surface area contributed by atoms with Crippen molar-refractivity contribution in [3.8, 4) is 0 Å². The SMILES string of the molecule is Nc1ccc(/C=C/C(=O)NC(NC(=S)Nc2ccccn2)C(Cl)(Cl)Cl)cc1. The third kappa shape index (κ3) is 7.60. The molecular weight excluding hydrogens is 429 g/mol. The zero-order valence-electron chi connectivity index (χ0n) is 13.8. The number of rotatable bonds is 5. The number of nitrogens with one attached hydrogen (secondary N) is 3. The van der Waals surface area contributed by atoms with Crippen LogP contribution in [0.5, 0.6) is 0 Å². The maximum absolute atomic E-state index is 12.2. The summed E-state index contributed by atoms with van der Waals surface area (Å²) in [5.74, 6) is 0.0314. The Morgan fingerprint density at radius 3 is 2.44 bits per heavy atom. The molecule has 1 heterocycles. The minimum absolute atomic E-state index is 0.132. The van der Waals surface area contributed by atoms with Crippen molar-refractivity contribution in [3.05, 3.63) is 60.3 Å². The number of hydrogen-bond acceptors (Lipinski definition) is 4. The summed E-state index contributed by atoms with van der Waals surface area (Å²) in [6.07, 6.45) is 3.44. The molecule has 6 nitrogen and oxygen atoms in total. The molecule has 1 unspecified atom stereocenters. The molecule has 0 saturated heterocycles. The van der Waals surface area contributed by atoms with Crippen molar-refractivity contribution >= 4 is 75.6 Å². The van der Waals surface area contributed by atoms with Gasteiger partial charge in [0.05, 0.1) is 0 Å². The average molecular weight is 445 g/mol. The van der Waals surface area contributed by atoms with Crippen molar-refractivity contribution in [3.63, 3.8) is 0 Å². The first-order valence-corrected chi connectivity index (χ1v) is 9.17. The van der Waals surface area contributed by atoms with Crippen LogP contribution in [-0.4, -0.2) is 26.0 Å². The highest BCUT2D eigenvalue weighted by molar-refractivity contribution is 7.80. The second-order valence-corrected chi connectivity index (χ2v) is 8.07. The number of thiocarbonyl (C=S) groups is 1. The van der Waals surface area contributed by atoms with Gasteiger partial charge < -0.3 is 21.7 Å². The number of benzene rings is 1. The molecule has 0 aliphatic carbocycles. The molecule has 0 aliphatic heterocycles. The van der Waals surface area contributed by atoms with Gasteiger partial charge in [-0.25, -0.2) is 4.98 Å². The lowest BCUT2D eigenvalue weighted by Crippen LogP contribution is -2.55. The molecule has 1 aromatic heterocycles. The van der Waals surface area contributed by atoms with Gasteiger partial charge in [-0.15, -0.1) is 0 Å². The highest BCUT2D eigenvalue weighted by Crippen LogP contribution is 2.29. The van der Waals surface area contributed by atoms with Crippen LogP contribution in [0.1, 0.15) is 5.56 Å². The van der Waals surface area contributed by atoms with E-state index < -0.39 is 15.9 Å². The third-order valence-electron chi connectivity index (χ3n) is 3.16. The summed E-state index contributed by atoms with van der Waals surface area (Å²) >= 11 is 23.0. The summed E-state index contributed by atoms with van der Waals surface area (Å²) in [5, 5.41) is 8.26. The van der Waals surface area contributed by atoms with Crippen molar-refractivity contribution in [1.29, 1.82) is 0 Å². The normalized spacial score (nSPS) is 12.4. The number of carbonyl (C=O) groups is 1. The number of nitrogens with two attached hydrogens (primary N) is 1. The van der Waals surface area contributed by atoms with Gasteiger partial charge in [0.25, 0.3) is 0 Å². The van der Waals surface area contributed by atoms with E-state index in [2.05, 4.69) is 20.9 Å². The molecule has 0 aliphatic rings. The van der Waals surface area contributed by atoms with Gasteiger partial charge in [0.1, 0.15) is 12.0 Å². The zero-order chi connectivity index (χ0) is 19.9. The Kier molecular flexibility index (Phi) is 7.67. The van der Waals surface area contributed by atoms with E-state index in [0.717, 1.165) is 5.56 Å². The van der Waals surface area contributed by atoms with Crippen LogP contribution in [-0.2, 0) is 4.79 Å². The predicted molar refractivity (Wildman–Crippen MR) is 116 cm³/mol. The first-order chi connectivity index (χ1) is 12.7. The van der Waals surface area contributed by atoms with Crippen LogP contribution in [0.15, 0.2) is 54.7 Å². The zero-order valence-corrected chi connectivity index (χ0v) is 16.9. The fourth-order valence-corrected chi connectivity index (χ4v) is 2.44. The van der Waals surface area contributed by atoms with Crippen LogP contribution in [0.3, 0.4) is 0 Å². The van der Waals surface area contributed by atoms with Gasteiger partial charge in [0.15, 0.2) is 5.11 Å². The molecule has 0 radical (unpaired) electrons. The van der Waals surface area contributed by atoms with Crippen molar-refractivity contribution < 1.29 is 4.79 Å². The van der Waals surface area contributed by atoms with Gasteiger partial charge in [0.2, 0.25) is 9.70 Å². The van der Waals surface area contributed by atoms with Gasteiger partial charge in [-0.2, -0.15) is 0 Å². The lowest BCUT2D eigenvalue weighted by atomic mass is 10.2. The van der Waals surface area contributed by atoms with E-state index in [0.29, 0.717) is 11.5 Å². The molecule has 10 heteroatoms. The van der Waals surface area contributed by atoms with Crippen LogP contribution >= 0.6 is 47.0 Å². The molecule has 142 valence electrons. The van der Waals surface area contributed by atoms with E-state index in [-0.39, 0.29) is 5.11 Å². The van der Waals surface area contributed by atoms with Crippen LogP contribution in [0.25, 0.3) is 6.08 Å². The second kappa shape index (κ2) is 9.75. The topological polar surface area (TPSA) is 92.1 Å². The summed E-state index contributed by atoms with van der Waals surface area (Å²) in [6.45, 7) is 0. The Bertz CT molecular complexity index is 810. The van der Waals surface area contributed by atoms with Crippen LogP contribution in [0, 0.1) is 0 Å². The molecule has 1 atom stereocenters. The minimum atomic E-state index is -1.85. The number of pyridine rings is 1. The highest BCUT2D eigenvalue weighted by Gasteiger charge is 2.34. The quantitative estimate of drug-likeness (QED) is 0.186. The van der Waals surface area contributed by atoms with Gasteiger partial charge in [0, 0.05) is 18.0 Å². The van der Waals surface area contributed by atoms with Crippen molar-refractivity contribution in [2.75, 3.05) is 11.1 Å². The summed E-state index contributed by atoms with van der Waals surface area (Å²) in [6, 6.07) is 12.3. The van der Waals surface area contributed by atoms with Gasteiger partial charge in [-0.1, -0.05) is 53.0 Å². The number of anilines is 2. The van der Waals surface area contributed by atoms with E-state index in [9.17, 15) is 4.79 Å². The van der Waals surface area contributed by atoms with E-state index in [1.165, 1.54) is 6.08 Å². The van der Waals surface area contributed by atoms with Crippen LogP contribution in [0.4, 0.5) is 11.5 Å². The molecule has 1 amide bonds. The van der Waals surface area contributed by atoms with Crippen LogP contribution < -0.4 is 21.7 Å². The number of aromatic nitrogens is 1. The Morgan fingerprint density at radius 1 is 1.15 bits per heavy atom. The number of amides is 1. The van der Waals surface area contributed by atoms with Crippen LogP contribution in [0.2, 0.25) is 0 Å². The third-order valence-corrected chi connectivity index (χ3v) is 4.03. The maximum Gasteiger partial charge on any atom is 0.245 e. The Balaban J connectivity index is 1.98. The molecule has 5 N–H and O–H groups in total. The second-order valence-electron chi connectivity index (χ2n) is 5.30. The number of carbonyl (C=O) groups excluding carboxylic acids is 1. The number of halogens is 3. The largest absolute Gasteiger partial charge is 0.399 e. The molecular formula is C17H16Cl3N5OS. The van der Waals surface area contributed by atoms with Gasteiger partial charge in [-0.05, 0) is 48.1 Å². The first-order valence-electron chi connectivity index (χ1n) is 7.63. The molecule has 0 bridgehead atoms. The number of alkyl halides is 3. The Hall–Kier alpha value is -2.06. The van der Waals surface area contributed by atoms with E-state index in [1.54, 1.807) is 54.7 Å². The summed E-state index contributed by atoms with van der Waals surface area (Å²) in [5.41, 5.74) is 7.05. The van der Waals surface area contributed by atoms with Crippen molar-refractivity contribution in [1.82, 2.24) is 15.6 Å². The molecule has 0 fully saturated rings. The summed E-state index contributed by atoms with van der Waals surface area (Å²) < 4.78 is -1.85. The predicted octanol–water partition coefficient (Wildman–Crippen LogP) is 3.48. The number of hydrogen-bond donors (Lipinski definition) is 4. The minimum Gasteiger partial charge on any atom is -0.399 e. The molecule has 0 spiro atoms. The number of nitrogens with zero attached hydrogens (tertiary/aromatic N) is 1. The standard InChI is InChI=1S/C17H16Cl3N5OS/c18-17(19,20)15(25-16(27)23-13-3-1-2-10-22-13)24-14(26)9-6-11-4-7-12(21)8-5-11/h1-10,15H,21H2,(H,24,26)(H2,22,23,25,27)/b9-6+. The van der Waals surface area contributed by atoms with Crippen molar-refractivity contribution in [2.45, 2.75) is 9.96 Å². The fraction of sp³-hybridized carbons (Fsp3) is 0.118. The van der Waals surface area contributed by atoms with E-state index >= 15 is 0 Å². The van der Waals surface area contributed by atoms with E-state index in [4.69, 9.17) is 52.8 Å². The molecule has 27 heavy (non-hydrogen) atoms. The lowest BCUT2D eigenvalue weighted by Gasteiger charge is -2.27. The Labute approximate surface area is 177 Å². The Morgan fingerprint density at radius 2 is 1.85 bits per heavy atom. The summed E-state index contributed by atoms with van der Waals surface area (Å²) in [4.78, 5) is 16.2. The van der Waals surface area contributed by atoms with Crippen molar-refractivity contribution in [2.24, 2.45) is 0 Å². The smallest absolute Gasteiger partial charge is 0.245 e. The van der Waals surface area contributed by atoms with Gasteiger partial charge in [-0.3, -0.25) is 4.79 Å². The molecule has 2 aromatic rings. The molecule has 2 rings (SSSR count). The fourth-order valence-electron chi connectivity index (χ4n) is 1.89. The molecule has 1 aromatic carbocycles. The highest BCUT2D eigenvalue weighted by atomic mass is 35.6. The average Bonchev–Trinajstić information content (AvgIpc) is 2.61. The maximum atomic E-state index is 12.2. The van der Waals surface area contributed by atoms with Gasteiger partial charge >= 0.3 is 0 Å². The monoisotopic (exact) mass is 443 g/mol. The first kappa shape index (κ1) is 21.2. The lowest BCUT2D eigenvalue weighted by molar-refractivity contribution is -0.117. The summed E-state index contributed by atoms with van der Waals surface area (Å²) in [7, 11) is 0. The number of nitrogen functional groups attached to an aromatic ring is 1. The van der Waals surface area contributed by atoms with E-state index in [1.807, 2.05) is 0 Å². The molecule has 0 saturated carbocycles.